The molecule has 1 aromatic heterocycles. The molecule has 1 amide bonds. The van der Waals surface area contributed by atoms with Gasteiger partial charge >= 0.3 is 0 Å². The number of nitrogens with zero attached hydrogens (tertiary/aromatic N) is 3. The molecule has 2 heterocycles. The minimum atomic E-state index is -0.363. The quantitative estimate of drug-likeness (QED) is 0.694. The SMILES string of the molecule is Cc1ccc(N2CC(C(=O)n3cnc4cc(C)c(C)cc43)CC2=O)cc1C. The average Bonchev–Trinajstić information content (AvgIpc) is 3.21. The molecule has 5 nitrogen and oxygen atoms in total. The zero-order valence-corrected chi connectivity index (χ0v) is 16.1. The number of benzene rings is 2. The van der Waals surface area contributed by atoms with Crippen LogP contribution in [0.3, 0.4) is 0 Å². The fourth-order valence-electron chi connectivity index (χ4n) is 3.65. The highest BCUT2D eigenvalue weighted by atomic mass is 16.2. The predicted octanol–water partition coefficient (Wildman–Crippen LogP) is 3.96. The molecule has 0 radical (unpaired) electrons. The maximum absolute atomic E-state index is 13.1. The lowest BCUT2D eigenvalue weighted by Crippen LogP contribution is -2.27. The number of hydrogen-bond donors (Lipinski definition) is 0. The molecule has 2 aromatic carbocycles. The van der Waals surface area contributed by atoms with Crippen LogP contribution in [0.15, 0.2) is 36.7 Å². The van der Waals surface area contributed by atoms with Crippen LogP contribution in [0, 0.1) is 33.6 Å². The van der Waals surface area contributed by atoms with Crippen LogP contribution >= 0.6 is 0 Å². The summed E-state index contributed by atoms with van der Waals surface area (Å²) >= 11 is 0. The first-order valence-electron chi connectivity index (χ1n) is 9.21. The molecule has 1 aliphatic heterocycles. The molecule has 0 N–H and O–H groups in total. The van der Waals surface area contributed by atoms with Crippen LogP contribution < -0.4 is 4.90 Å². The van der Waals surface area contributed by atoms with Gasteiger partial charge in [0.05, 0.1) is 17.0 Å². The summed E-state index contributed by atoms with van der Waals surface area (Å²) in [5, 5.41) is 0. The molecule has 0 saturated carbocycles. The van der Waals surface area contributed by atoms with E-state index in [-0.39, 0.29) is 24.2 Å². The van der Waals surface area contributed by atoms with Gasteiger partial charge in [-0.05, 0) is 74.2 Å². The Kier molecular flexibility index (Phi) is 4.10. The number of anilines is 1. The molecule has 27 heavy (non-hydrogen) atoms. The normalized spacial score (nSPS) is 17.1. The number of hydrogen-bond acceptors (Lipinski definition) is 3. The highest BCUT2D eigenvalue weighted by Gasteiger charge is 2.36. The first-order chi connectivity index (χ1) is 12.8. The van der Waals surface area contributed by atoms with Gasteiger partial charge in [-0.3, -0.25) is 14.2 Å². The Morgan fingerprint density at radius 1 is 1.00 bits per heavy atom. The zero-order valence-electron chi connectivity index (χ0n) is 16.1. The zero-order chi connectivity index (χ0) is 19.3. The Morgan fingerprint density at radius 2 is 1.70 bits per heavy atom. The third-order valence-corrected chi connectivity index (χ3v) is 5.68. The fourth-order valence-corrected chi connectivity index (χ4v) is 3.65. The van der Waals surface area contributed by atoms with Crippen molar-refractivity contribution < 1.29 is 9.59 Å². The number of amides is 1. The van der Waals surface area contributed by atoms with Crippen LogP contribution in [0.2, 0.25) is 0 Å². The predicted molar refractivity (Wildman–Crippen MR) is 106 cm³/mol. The van der Waals surface area contributed by atoms with Gasteiger partial charge in [-0.15, -0.1) is 0 Å². The second-order valence-corrected chi connectivity index (χ2v) is 7.55. The van der Waals surface area contributed by atoms with Crippen LogP contribution in [-0.2, 0) is 4.79 Å². The van der Waals surface area contributed by atoms with Crippen molar-refractivity contribution >= 4 is 28.5 Å². The lowest BCUT2D eigenvalue weighted by atomic mass is 10.1. The number of aryl methyl sites for hydroxylation is 4. The Hall–Kier alpha value is -2.95. The summed E-state index contributed by atoms with van der Waals surface area (Å²) in [4.78, 5) is 31.8. The van der Waals surface area contributed by atoms with Gasteiger partial charge in [0.2, 0.25) is 11.8 Å². The maximum Gasteiger partial charge on any atom is 0.237 e. The number of imidazole rings is 1. The summed E-state index contributed by atoms with van der Waals surface area (Å²) in [5.74, 6) is -0.438. The molecule has 4 rings (SSSR count). The van der Waals surface area contributed by atoms with E-state index >= 15 is 0 Å². The number of rotatable bonds is 2. The smallest absolute Gasteiger partial charge is 0.237 e. The molecule has 1 aliphatic rings. The van der Waals surface area contributed by atoms with Crippen molar-refractivity contribution in [1.29, 1.82) is 0 Å². The second-order valence-electron chi connectivity index (χ2n) is 7.55. The molecule has 0 bridgehead atoms. The van der Waals surface area contributed by atoms with E-state index in [1.807, 2.05) is 58.0 Å². The van der Waals surface area contributed by atoms with Crippen LogP contribution in [0.25, 0.3) is 11.0 Å². The van der Waals surface area contributed by atoms with E-state index < -0.39 is 0 Å². The second kappa shape index (κ2) is 6.34. The minimum Gasteiger partial charge on any atom is -0.312 e. The van der Waals surface area contributed by atoms with Gasteiger partial charge in [-0.1, -0.05) is 6.07 Å². The van der Waals surface area contributed by atoms with Crippen molar-refractivity contribution in [2.75, 3.05) is 11.4 Å². The lowest BCUT2D eigenvalue weighted by Gasteiger charge is -2.18. The molecule has 1 unspecified atom stereocenters. The molecule has 1 saturated heterocycles. The van der Waals surface area contributed by atoms with E-state index in [0.29, 0.717) is 6.54 Å². The third-order valence-electron chi connectivity index (χ3n) is 5.68. The Bertz CT molecular complexity index is 1080. The van der Waals surface area contributed by atoms with Crippen LogP contribution in [-0.4, -0.2) is 27.9 Å². The maximum atomic E-state index is 13.1. The highest BCUT2D eigenvalue weighted by molar-refractivity contribution is 6.02. The third kappa shape index (κ3) is 2.93. The highest BCUT2D eigenvalue weighted by Crippen LogP contribution is 2.29. The molecule has 1 atom stereocenters. The molecular weight excluding hydrogens is 338 g/mol. The molecule has 0 aliphatic carbocycles. The van der Waals surface area contributed by atoms with Gasteiger partial charge in [0.25, 0.3) is 0 Å². The van der Waals surface area contributed by atoms with Crippen LogP contribution in [0.4, 0.5) is 5.69 Å². The summed E-state index contributed by atoms with van der Waals surface area (Å²) < 4.78 is 1.60. The number of carbonyl (C=O) groups is 2. The van der Waals surface area contributed by atoms with Crippen molar-refractivity contribution in [2.24, 2.45) is 5.92 Å². The number of aromatic nitrogens is 2. The minimum absolute atomic E-state index is 0.00644. The Labute approximate surface area is 158 Å². The average molecular weight is 361 g/mol. The number of fused-ring (bicyclic) bond motifs is 1. The van der Waals surface area contributed by atoms with Gasteiger partial charge in [0.15, 0.2) is 0 Å². The van der Waals surface area contributed by atoms with Crippen molar-refractivity contribution in [3.63, 3.8) is 0 Å². The summed E-state index contributed by atoms with van der Waals surface area (Å²) in [6, 6.07) is 9.97. The van der Waals surface area contributed by atoms with Gasteiger partial charge in [0, 0.05) is 18.7 Å². The Balaban J connectivity index is 1.63. The van der Waals surface area contributed by atoms with Crippen molar-refractivity contribution in [1.82, 2.24) is 9.55 Å². The molecule has 0 spiro atoms. The van der Waals surface area contributed by atoms with E-state index in [2.05, 4.69) is 4.98 Å². The first kappa shape index (κ1) is 17.5. The van der Waals surface area contributed by atoms with E-state index in [1.165, 1.54) is 5.56 Å². The van der Waals surface area contributed by atoms with Gasteiger partial charge in [-0.2, -0.15) is 0 Å². The monoisotopic (exact) mass is 361 g/mol. The molecule has 3 aromatic rings. The van der Waals surface area contributed by atoms with E-state index in [1.54, 1.807) is 15.8 Å². The summed E-state index contributed by atoms with van der Waals surface area (Å²) in [6.45, 7) is 8.55. The van der Waals surface area contributed by atoms with Crippen molar-refractivity contribution in [3.8, 4) is 0 Å². The number of carbonyl (C=O) groups excluding carboxylic acids is 2. The molecule has 1 fully saturated rings. The van der Waals surface area contributed by atoms with E-state index in [4.69, 9.17) is 0 Å². The van der Waals surface area contributed by atoms with Gasteiger partial charge < -0.3 is 4.90 Å². The van der Waals surface area contributed by atoms with E-state index in [0.717, 1.165) is 33.4 Å². The van der Waals surface area contributed by atoms with Crippen molar-refractivity contribution in [2.45, 2.75) is 34.1 Å². The molecule has 138 valence electrons. The summed E-state index contributed by atoms with van der Waals surface area (Å²) in [5.41, 5.74) is 7.07. The van der Waals surface area contributed by atoms with Crippen LogP contribution in [0.5, 0.6) is 0 Å². The van der Waals surface area contributed by atoms with Crippen LogP contribution in [0.1, 0.15) is 33.5 Å². The first-order valence-corrected chi connectivity index (χ1v) is 9.21. The Morgan fingerprint density at radius 3 is 2.44 bits per heavy atom. The van der Waals surface area contributed by atoms with E-state index in [9.17, 15) is 9.59 Å². The molecule has 5 heteroatoms. The van der Waals surface area contributed by atoms with Gasteiger partial charge in [-0.25, -0.2) is 4.98 Å². The topological polar surface area (TPSA) is 55.2 Å². The van der Waals surface area contributed by atoms with Crippen molar-refractivity contribution in [3.05, 3.63) is 58.9 Å². The standard InChI is InChI=1S/C22H23N3O2/c1-13-5-6-18(7-14(13)2)24-11-17(10-21(24)26)22(27)25-12-23-19-8-15(3)16(4)9-20(19)25/h5-9,12,17H,10-11H2,1-4H3. The summed E-state index contributed by atoms with van der Waals surface area (Å²) in [6.07, 6.45) is 1.81. The van der Waals surface area contributed by atoms with Gasteiger partial charge in [0.1, 0.15) is 6.33 Å². The summed E-state index contributed by atoms with van der Waals surface area (Å²) in [7, 11) is 0. The largest absolute Gasteiger partial charge is 0.312 e. The lowest BCUT2D eigenvalue weighted by molar-refractivity contribution is -0.117. The fraction of sp³-hybridized carbons (Fsp3) is 0.318. The molecular formula is C22H23N3O2.